The fourth-order valence-electron chi connectivity index (χ4n) is 2.46. The van der Waals surface area contributed by atoms with E-state index in [0.717, 1.165) is 43.8 Å². The summed E-state index contributed by atoms with van der Waals surface area (Å²) in [5.74, 6) is 1.13. The fourth-order valence-corrected chi connectivity index (χ4v) is 2.46. The van der Waals surface area contributed by atoms with E-state index in [-0.39, 0.29) is 36.6 Å². The molecule has 0 radical (unpaired) electrons. The van der Waals surface area contributed by atoms with E-state index >= 15 is 0 Å². The van der Waals surface area contributed by atoms with Gasteiger partial charge in [-0.05, 0) is 51.2 Å². The lowest BCUT2D eigenvalue weighted by Gasteiger charge is -2.21. The molecule has 0 aromatic heterocycles. The Kier molecular flexibility index (Phi) is 11.8. The highest BCUT2D eigenvalue weighted by atomic mass is 35.5. The number of hydrogen-bond acceptors (Lipinski definition) is 4. The summed E-state index contributed by atoms with van der Waals surface area (Å²) in [5, 5.41) is 6.29. The zero-order valence-electron chi connectivity index (χ0n) is 14.4. The Morgan fingerprint density at radius 1 is 1.29 bits per heavy atom. The van der Waals surface area contributed by atoms with E-state index in [9.17, 15) is 4.79 Å². The monoisotopic (exact) mass is 377 g/mol. The lowest BCUT2D eigenvalue weighted by molar-refractivity contribution is -0.125. The van der Waals surface area contributed by atoms with Crippen LogP contribution in [0.4, 0.5) is 0 Å². The topological polar surface area (TPSA) is 53.6 Å². The number of rotatable bonds is 7. The van der Waals surface area contributed by atoms with Gasteiger partial charge in [-0.25, -0.2) is 0 Å². The second kappa shape index (κ2) is 12.4. The molecule has 0 bridgehead atoms. The van der Waals surface area contributed by atoms with Gasteiger partial charge >= 0.3 is 0 Å². The van der Waals surface area contributed by atoms with Crippen LogP contribution in [0.5, 0.6) is 5.75 Å². The average molecular weight is 378 g/mol. The molecule has 0 spiro atoms. The van der Waals surface area contributed by atoms with Crippen molar-refractivity contribution in [3.63, 3.8) is 0 Å². The van der Waals surface area contributed by atoms with Crippen molar-refractivity contribution in [2.45, 2.75) is 19.4 Å². The Labute approximate surface area is 157 Å². The normalized spacial score (nSPS) is 16.7. The van der Waals surface area contributed by atoms with Crippen molar-refractivity contribution in [2.24, 2.45) is 5.92 Å². The maximum Gasteiger partial charge on any atom is 0.224 e. The Balaban J connectivity index is 0.00000264. The van der Waals surface area contributed by atoms with Gasteiger partial charge in [-0.1, -0.05) is 12.1 Å². The molecule has 1 amide bonds. The number of carbonyl (C=O) groups excluding carboxylic acids is 1. The summed E-state index contributed by atoms with van der Waals surface area (Å²) in [6.45, 7) is 3.97. The van der Waals surface area contributed by atoms with E-state index in [2.05, 4.69) is 15.5 Å². The van der Waals surface area contributed by atoms with Crippen LogP contribution in [0.25, 0.3) is 0 Å². The van der Waals surface area contributed by atoms with Crippen molar-refractivity contribution >= 4 is 30.7 Å². The Hall–Kier alpha value is -1.01. The molecule has 1 aliphatic rings. The zero-order chi connectivity index (χ0) is 15.8. The number of ether oxygens (including phenoxy) is 1. The standard InChI is InChI=1S/C17H27N3O2.2ClH/c1-20(2)10-11-22-16-7-5-14(6-8-16)12-19-17(21)15-4-3-9-18-13-15;;/h5-8,15,18H,3-4,9-13H2,1-2H3,(H,19,21);2*1H. The third-order valence-electron chi connectivity index (χ3n) is 3.86. The molecule has 7 heteroatoms. The van der Waals surface area contributed by atoms with Gasteiger partial charge in [0.15, 0.2) is 0 Å². The molecule has 2 rings (SSSR count). The molecule has 5 nitrogen and oxygen atoms in total. The van der Waals surface area contributed by atoms with Crippen LogP contribution < -0.4 is 15.4 Å². The quantitative estimate of drug-likeness (QED) is 0.763. The Morgan fingerprint density at radius 3 is 2.58 bits per heavy atom. The first-order valence-corrected chi connectivity index (χ1v) is 8.00. The van der Waals surface area contributed by atoms with Crippen molar-refractivity contribution < 1.29 is 9.53 Å². The second-order valence-electron chi connectivity index (χ2n) is 6.06. The highest BCUT2D eigenvalue weighted by molar-refractivity contribution is 5.85. The summed E-state index contributed by atoms with van der Waals surface area (Å²) >= 11 is 0. The van der Waals surface area contributed by atoms with E-state index in [1.165, 1.54) is 0 Å². The molecule has 0 saturated carbocycles. The summed E-state index contributed by atoms with van der Waals surface area (Å²) in [5.41, 5.74) is 1.09. The number of nitrogens with zero attached hydrogens (tertiary/aromatic N) is 1. The molecule has 138 valence electrons. The third kappa shape index (κ3) is 8.20. The molecule has 24 heavy (non-hydrogen) atoms. The number of carbonyl (C=O) groups is 1. The van der Waals surface area contributed by atoms with Gasteiger partial charge in [0, 0.05) is 19.6 Å². The molecule has 1 aromatic rings. The zero-order valence-corrected chi connectivity index (χ0v) is 16.0. The van der Waals surface area contributed by atoms with Gasteiger partial charge < -0.3 is 20.3 Å². The maximum absolute atomic E-state index is 12.1. The van der Waals surface area contributed by atoms with Gasteiger partial charge in [0.05, 0.1) is 5.92 Å². The third-order valence-corrected chi connectivity index (χ3v) is 3.86. The summed E-state index contributed by atoms with van der Waals surface area (Å²) in [4.78, 5) is 14.2. The minimum atomic E-state index is 0. The molecular weight excluding hydrogens is 349 g/mol. The molecule has 1 heterocycles. The van der Waals surface area contributed by atoms with Crippen LogP contribution in [0.15, 0.2) is 24.3 Å². The van der Waals surface area contributed by atoms with Gasteiger partial charge in [0.25, 0.3) is 0 Å². The van der Waals surface area contributed by atoms with Crippen molar-refractivity contribution in [3.8, 4) is 5.75 Å². The highest BCUT2D eigenvalue weighted by Crippen LogP contribution is 2.13. The van der Waals surface area contributed by atoms with Crippen molar-refractivity contribution in [2.75, 3.05) is 40.3 Å². The summed E-state index contributed by atoms with van der Waals surface area (Å²) in [6.07, 6.45) is 2.06. The predicted molar refractivity (Wildman–Crippen MR) is 102 cm³/mol. The number of likely N-dealkylation sites (N-methyl/N-ethyl adjacent to an activating group) is 1. The van der Waals surface area contributed by atoms with Gasteiger partial charge in [-0.15, -0.1) is 24.8 Å². The number of hydrogen-bond donors (Lipinski definition) is 2. The summed E-state index contributed by atoms with van der Waals surface area (Å²) in [7, 11) is 4.05. The second-order valence-corrected chi connectivity index (χ2v) is 6.06. The first-order valence-electron chi connectivity index (χ1n) is 8.00. The smallest absolute Gasteiger partial charge is 0.224 e. The van der Waals surface area contributed by atoms with Crippen molar-refractivity contribution in [1.82, 2.24) is 15.5 Å². The fraction of sp³-hybridized carbons (Fsp3) is 0.588. The molecule has 1 aliphatic heterocycles. The average Bonchev–Trinajstić information content (AvgIpc) is 2.54. The van der Waals surface area contributed by atoms with Crippen molar-refractivity contribution in [3.05, 3.63) is 29.8 Å². The predicted octanol–water partition coefficient (Wildman–Crippen LogP) is 2.09. The summed E-state index contributed by atoms with van der Waals surface area (Å²) < 4.78 is 5.66. The Bertz CT molecular complexity index is 463. The van der Waals surface area contributed by atoms with Crippen LogP contribution >= 0.6 is 24.8 Å². The number of amides is 1. The van der Waals surface area contributed by atoms with Gasteiger partial charge in [0.1, 0.15) is 12.4 Å². The molecule has 0 aliphatic carbocycles. The minimum Gasteiger partial charge on any atom is -0.492 e. The van der Waals surface area contributed by atoms with E-state index in [1.807, 2.05) is 38.4 Å². The van der Waals surface area contributed by atoms with Crippen LogP contribution in [0, 0.1) is 5.92 Å². The minimum absolute atomic E-state index is 0. The van der Waals surface area contributed by atoms with Crippen LogP contribution in [-0.2, 0) is 11.3 Å². The van der Waals surface area contributed by atoms with Gasteiger partial charge in [-0.2, -0.15) is 0 Å². The Morgan fingerprint density at radius 2 is 2.00 bits per heavy atom. The van der Waals surface area contributed by atoms with E-state index in [1.54, 1.807) is 0 Å². The lowest BCUT2D eigenvalue weighted by Crippen LogP contribution is -2.40. The van der Waals surface area contributed by atoms with Crippen LogP contribution in [0.3, 0.4) is 0 Å². The molecule has 1 unspecified atom stereocenters. The van der Waals surface area contributed by atoms with Gasteiger partial charge in [0.2, 0.25) is 5.91 Å². The van der Waals surface area contributed by atoms with E-state index in [0.29, 0.717) is 13.2 Å². The largest absolute Gasteiger partial charge is 0.492 e. The van der Waals surface area contributed by atoms with Gasteiger partial charge in [-0.3, -0.25) is 4.79 Å². The van der Waals surface area contributed by atoms with E-state index < -0.39 is 0 Å². The van der Waals surface area contributed by atoms with Crippen LogP contribution in [-0.4, -0.2) is 51.1 Å². The number of benzene rings is 1. The highest BCUT2D eigenvalue weighted by Gasteiger charge is 2.20. The number of halogens is 2. The molecule has 1 aromatic carbocycles. The van der Waals surface area contributed by atoms with Crippen LogP contribution in [0.2, 0.25) is 0 Å². The molecule has 1 atom stereocenters. The SMILES string of the molecule is CN(C)CCOc1ccc(CNC(=O)C2CCCNC2)cc1.Cl.Cl. The van der Waals surface area contributed by atoms with Crippen LogP contribution in [0.1, 0.15) is 18.4 Å². The first-order chi connectivity index (χ1) is 10.6. The molecule has 2 N–H and O–H groups in total. The molecular formula is C17H29Cl2N3O2. The number of piperidine rings is 1. The summed E-state index contributed by atoms with van der Waals surface area (Å²) in [6, 6.07) is 7.92. The maximum atomic E-state index is 12.1. The lowest BCUT2D eigenvalue weighted by atomic mass is 9.99. The van der Waals surface area contributed by atoms with Crippen molar-refractivity contribution in [1.29, 1.82) is 0 Å². The molecule has 1 fully saturated rings. The molecule has 1 saturated heterocycles. The first kappa shape index (κ1) is 23.0. The van der Waals surface area contributed by atoms with E-state index in [4.69, 9.17) is 4.74 Å². The number of nitrogens with one attached hydrogen (secondary N) is 2.